The summed E-state index contributed by atoms with van der Waals surface area (Å²) in [5.74, 6) is 3.44. The summed E-state index contributed by atoms with van der Waals surface area (Å²) in [5.41, 5.74) is 0. The van der Waals surface area contributed by atoms with Gasteiger partial charge >= 0.3 is 0 Å². The Balaban J connectivity index is 2.00. The van der Waals surface area contributed by atoms with E-state index in [1.54, 1.807) is 0 Å². The maximum Gasteiger partial charge on any atom is 0.132 e. The Hall–Kier alpha value is -0.760. The van der Waals surface area contributed by atoms with Crippen molar-refractivity contribution in [1.82, 2.24) is 0 Å². The zero-order chi connectivity index (χ0) is 11.7. The van der Waals surface area contributed by atoms with Crippen LogP contribution < -0.4 is 0 Å². The summed E-state index contributed by atoms with van der Waals surface area (Å²) in [4.78, 5) is 0. The van der Waals surface area contributed by atoms with Crippen LogP contribution in [0.2, 0.25) is 0 Å². The first kappa shape index (κ1) is 11.7. The monoisotopic (exact) mass is 222 g/mol. The van der Waals surface area contributed by atoms with Crippen LogP contribution in [0.5, 0.6) is 0 Å². The topological polar surface area (TPSA) is 33.4 Å². The number of aliphatic hydroxyl groups is 1. The molecule has 0 aliphatic heterocycles. The van der Waals surface area contributed by atoms with E-state index in [1.807, 2.05) is 12.1 Å². The summed E-state index contributed by atoms with van der Waals surface area (Å²) in [6, 6.07) is 3.97. The fourth-order valence-electron chi connectivity index (χ4n) is 2.34. The molecule has 1 aromatic rings. The molecule has 0 saturated heterocycles. The van der Waals surface area contributed by atoms with E-state index in [9.17, 15) is 5.11 Å². The van der Waals surface area contributed by atoms with Crippen molar-refractivity contribution in [2.45, 2.75) is 52.1 Å². The normalized spacial score (nSPS) is 27.8. The van der Waals surface area contributed by atoms with Crippen LogP contribution in [0.15, 0.2) is 16.5 Å². The number of rotatable bonds is 5. The molecule has 0 amide bonds. The van der Waals surface area contributed by atoms with E-state index < -0.39 is 6.10 Å². The van der Waals surface area contributed by atoms with Gasteiger partial charge in [-0.2, -0.15) is 0 Å². The van der Waals surface area contributed by atoms with Crippen LogP contribution in [0.3, 0.4) is 0 Å². The minimum Gasteiger partial charge on any atom is -0.463 e. The molecule has 0 spiro atoms. The Bertz CT molecular complexity index is 342. The van der Waals surface area contributed by atoms with Crippen molar-refractivity contribution in [3.63, 3.8) is 0 Å². The molecule has 4 atom stereocenters. The molecule has 2 heteroatoms. The quantitative estimate of drug-likeness (QED) is 0.820. The Kier molecular flexibility index (Phi) is 3.38. The third kappa shape index (κ3) is 2.32. The van der Waals surface area contributed by atoms with Gasteiger partial charge < -0.3 is 9.52 Å². The van der Waals surface area contributed by atoms with Gasteiger partial charge in [0.1, 0.15) is 17.6 Å². The molecular formula is C14H22O2. The third-order valence-corrected chi connectivity index (χ3v) is 3.70. The van der Waals surface area contributed by atoms with Gasteiger partial charge in [0.2, 0.25) is 0 Å². The molecule has 1 fully saturated rings. The summed E-state index contributed by atoms with van der Waals surface area (Å²) < 4.78 is 5.76. The Morgan fingerprint density at radius 3 is 2.75 bits per heavy atom. The Labute approximate surface area is 97.7 Å². The lowest BCUT2D eigenvalue weighted by Crippen LogP contribution is -2.07. The summed E-state index contributed by atoms with van der Waals surface area (Å²) in [7, 11) is 0. The summed E-state index contributed by atoms with van der Waals surface area (Å²) >= 11 is 0. The molecule has 16 heavy (non-hydrogen) atoms. The number of furan rings is 1. The number of hydrogen-bond acceptors (Lipinski definition) is 2. The van der Waals surface area contributed by atoms with Crippen molar-refractivity contribution in [3.05, 3.63) is 23.7 Å². The first-order valence-corrected chi connectivity index (χ1v) is 6.41. The van der Waals surface area contributed by atoms with E-state index in [2.05, 4.69) is 20.8 Å². The molecule has 1 heterocycles. The summed E-state index contributed by atoms with van der Waals surface area (Å²) in [6.45, 7) is 6.46. The van der Waals surface area contributed by atoms with E-state index >= 15 is 0 Å². The lowest BCUT2D eigenvalue weighted by Gasteiger charge is -2.15. The molecule has 1 aromatic heterocycles. The maximum absolute atomic E-state index is 10.1. The highest BCUT2D eigenvalue weighted by molar-refractivity contribution is 5.18. The Morgan fingerprint density at radius 2 is 2.19 bits per heavy atom. The number of aliphatic hydroxyl groups excluding tert-OH is 1. The molecule has 1 N–H and O–H groups in total. The second-order valence-corrected chi connectivity index (χ2v) is 5.27. The van der Waals surface area contributed by atoms with E-state index in [1.165, 1.54) is 6.42 Å². The minimum absolute atomic E-state index is 0.278. The van der Waals surface area contributed by atoms with Crippen LogP contribution in [-0.2, 0) is 0 Å². The molecule has 0 bridgehead atoms. The van der Waals surface area contributed by atoms with Crippen molar-refractivity contribution < 1.29 is 9.52 Å². The van der Waals surface area contributed by atoms with E-state index in [0.717, 1.165) is 30.3 Å². The van der Waals surface area contributed by atoms with Gasteiger partial charge in [-0.15, -0.1) is 0 Å². The summed E-state index contributed by atoms with van der Waals surface area (Å²) in [5, 5.41) is 10.1. The summed E-state index contributed by atoms with van der Waals surface area (Å²) in [6.07, 6.45) is 2.93. The smallest absolute Gasteiger partial charge is 0.132 e. The van der Waals surface area contributed by atoms with Gasteiger partial charge in [0.05, 0.1) is 0 Å². The van der Waals surface area contributed by atoms with Gasteiger partial charge in [0, 0.05) is 5.92 Å². The third-order valence-electron chi connectivity index (χ3n) is 3.70. The van der Waals surface area contributed by atoms with Gasteiger partial charge in [-0.05, 0) is 36.8 Å². The average Bonchev–Trinajstić information content (AvgIpc) is 2.82. The van der Waals surface area contributed by atoms with Gasteiger partial charge in [-0.3, -0.25) is 0 Å². The fourth-order valence-corrected chi connectivity index (χ4v) is 2.34. The highest BCUT2D eigenvalue weighted by atomic mass is 16.4. The van der Waals surface area contributed by atoms with E-state index in [0.29, 0.717) is 5.92 Å². The molecule has 90 valence electrons. The second kappa shape index (κ2) is 4.62. The first-order chi connectivity index (χ1) is 7.63. The SMILES string of the molecule is CCCC(C)C(O)c1ccc(C2CC2C)o1. The van der Waals surface area contributed by atoms with Crippen LogP contribution in [0.1, 0.15) is 63.6 Å². The van der Waals surface area contributed by atoms with Crippen molar-refractivity contribution in [1.29, 1.82) is 0 Å². The fraction of sp³-hybridized carbons (Fsp3) is 0.714. The van der Waals surface area contributed by atoms with Crippen LogP contribution in [0, 0.1) is 11.8 Å². The molecule has 1 aliphatic rings. The van der Waals surface area contributed by atoms with Gasteiger partial charge in [-0.25, -0.2) is 0 Å². The molecule has 2 rings (SSSR count). The van der Waals surface area contributed by atoms with Crippen molar-refractivity contribution in [2.75, 3.05) is 0 Å². The first-order valence-electron chi connectivity index (χ1n) is 6.41. The van der Waals surface area contributed by atoms with E-state index in [4.69, 9.17) is 4.42 Å². The van der Waals surface area contributed by atoms with Gasteiger partial charge in [0.25, 0.3) is 0 Å². The van der Waals surface area contributed by atoms with Crippen molar-refractivity contribution >= 4 is 0 Å². The van der Waals surface area contributed by atoms with Crippen LogP contribution >= 0.6 is 0 Å². The number of hydrogen-bond donors (Lipinski definition) is 1. The predicted octanol–water partition coefficient (Wildman–Crippen LogP) is 3.87. The van der Waals surface area contributed by atoms with Crippen LogP contribution in [-0.4, -0.2) is 5.11 Å². The standard InChI is InChI=1S/C14H22O2/c1-4-5-9(2)14(15)13-7-6-12(16-13)11-8-10(11)3/h6-7,9-11,14-15H,4-5,8H2,1-3H3. The zero-order valence-corrected chi connectivity index (χ0v) is 10.4. The van der Waals surface area contributed by atoms with Crippen molar-refractivity contribution in [3.8, 4) is 0 Å². The molecular weight excluding hydrogens is 200 g/mol. The molecule has 4 unspecified atom stereocenters. The molecule has 1 aliphatic carbocycles. The zero-order valence-electron chi connectivity index (χ0n) is 10.4. The predicted molar refractivity (Wildman–Crippen MR) is 64.3 cm³/mol. The van der Waals surface area contributed by atoms with Gasteiger partial charge in [-0.1, -0.05) is 27.2 Å². The van der Waals surface area contributed by atoms with Gasteiger partial charge in [0.15, 0.2) is 0 Å². The second-order valence-electron chi connectivity index (χ2n) is 5.27. The highest BCUT2D eigenvalue weighted by Crippen LogP contribution is 2.47. The molecule has 2 nitrogen and oxygen atoms in total. The maximum atomic E-state index is 10.1. The molecule has 1 saturated carbocycles. The van der Waals surface area contributed by atoms with Crippen molar-refractivity contribution in [2.24, 2.45) is 11.8 Å². The van der Waals surface area contributed by atoms with Crippen LogP contribution in [0.25, 0.3) is 0 Å². The highest BCUT2D eigenvalue weighted by Gasteiger charge is 2.37. The Morgan fingerprint density at radius 1 is 1.50 bits per heavy atom. The minimum atomic E-state index is -0.442. The average molecular weight is 222 g/mol. The van der Waals surface area contributed by atoms with Crippen LogP contribution in [0.4, 0.5) is 0 Å². The molecule has 0 radical (unpaired) electrons. The van der Waals surface area contributed by atoms with E-state index in [-0.39, 0.29) is 5.92 Å². The lowest BCUT2D eigenvalue weighted by molar-refractivity contribution is 0.0881. The molecule has 0 aromatic carbocycles. The largest absolute Gasteiger partial charge is 0.463 e. The lowest BCUT2D eigenvalue weighted by atomic mass is 9.98.